The molecule has 1 N–H and O–H groups in total. The van der Waals surface area contributed by atoms with E-state index in [4.69, 9.17) is 15.1 Å². The summed E-state index contributed by atoms with van der Waals surface area (Å²) >= 11 is 0. The molecule has 1 fully saturated rings. The smallest absolute Gasteiger partial charge is 0.329 e. The van der Waals surface area contributed by atoms with Gasteiger partial charge in [-0.1, -0.05) is 0 Å². The molecule has 0 bridgehead atoms. The van der Waals surface area contributed by atoms with E-state index in [0.29, 0.717) is 13.0 Å². The van der Waals surface area contributed by atoms with Crippen LogP contribution in [0.1, 0.15) is 19.3 Å². The van der Waals surface area contributed by atoms with Gasteiger partial charge in [-0.05, 0) is 12.8 Å². The number of carboxylic acid groups (broad SMARTS) is 1. The van der Waals surface area contributed by atoms with Gasteiger partial charge >= 0.3 is 5.97 Å². The Balaban J connectivity index is 2.30. The molecule has 1 amide bonds. The van der Waals surface area contributed by atoms with Crippen LogP contribution in [0.3, 0.4) is 0 Å². The van der Waals surface area contributed by atoms with Crippen LogP contribution in [0.25, 0.3) is 0 Å². The Morgan fingerprint density at radius 3 is 2.62 bits per heavy atom. The molecular weight excluding hydrogens is 212 g/mol. The van der Waals surface area contributed by atoms with E-state index in [9.17, 15) is 9.59 Å². The summed E-state index contributed by atoms with van der Waals surface area (Å²) in [4.78, 5) is 23.4. The van der Waals surface area contributed by atoms with Crippen molar-refractivity contribution in [2.45, 2.75) is 25.3 Å². The molecule has 88 valence electrons. The van der Waals surface area contributed by atoms with Crippen molar-refractivity contribution in [3.63, 3.8) is 0 Å². The second-order valence-corrected chi connectivity index (χ2v) is 3.61. The van der Waals surface area contributed by atoms with Gasteiger partial charge in [-0.25, -0.2) is 4.79 Å². The zero-order chi connectivity index (χ0) is 12.0. The van der Waals surface area contributed by atoms with Crippen molar-refractivity contribution in [3.05, 3.63) is 0 Å². The summed E-state index contributed by atoms with van der Waals surface area (Å²) in [6.45, 7) is -0.298. The zero-order valence-corrected chi connectivity index (χ0v) is 8.89. The third kappa shape index (κ3) is 4.28. The quantitative estimate of drug-likeness (QED) is 0.659. The Morgan fingerprint density at radius 1 is 1.44 bits per heavy atom. The van der Waals surface area contributed by atoms with Crippen LogP contribution in [0, 0.1) is 11.3 Å². The van der Waals surface area contributed by atoms with Gasteiger partial charge in [-0.15, -0.1) is 0 Å². The van der Waals surface area contributed by atoms with Crippen LogP contribution in [0.4, 0.5) is 0 Å². The van der Waals surface area contributed by atoms with Crippen molar-refractivity contribution in [2.75, 3.05) is 19.8 Å². The highest BCUT2D eigenvalue weighted by atomic mass is 16.5. The number of nitrogens with zero attached hydrogens (tertiary/aromatic N) is 2. The Labute approximate surface area is 93.4 Å². The van der Waals surface area contributed by atoms with E-state index in [2.05, 4.69) is 0 Å². The van der Waals surface area contributed by atoms with Crippen molar-refractivity contribution in [1.82, 2.24) is 4.90 Å². The predicted molar refractivity (Wildman–Crippen MR) is 53.4 cm³/mol. The lowest BCUT2D eigenvalue weighted by Gasteiger charge is -2.20. The van der Waals surface area contributed by atoms with Crippen LogP contribution in [-0.2, 0) is 14.3 Å². The standard InChI is InChI=1S/C10H14N2O4/c11-4-1-5-12(8-2-3-8)9(13)6-16-7-10(14)15/h8H,1-3,5-7H2,(H,14,15). The average molecular weight is 226 g/mol. The van der Waals surface area contributed by atoms with Gasteiger partial charge in [0.2, 0.25) is 5.91 Å². The Kier molecular flexibility index (Phi) is 4.73. The minimum atomic E-state index is -1.09. The third-order valence-electron chi connectivity index (χ3n) is 2.22. The van der Waals surface area contributed by atoms with Crippen molar-refractivity contribution < 1.29 is 19.4 Å². The van der Waals surface area contributed by atoms with Gasteiger partial charge in [-0.2, -0.15) is 5.26 Å². The summed E-state index contributed by atoms with van der Waals surface area (Å²) in [5.41, 5.74) is 0. The summed E-state index contributed by atoms with van der Waals surface area (Å²) in [7, 11) is 0. The number of nitriles is 1. The topological polar surface area (TPSA) is 90.6 Å². The summed E-state index contributed by atoms with van der Waals surface area (Å²) in [6, 6.07) is 2.20. The molecule has 1 aliphatic carbocycles. The lowest BCUT2D eigenvalue weighted by Crippen LogP contribution is -2.37. The molecule has 0 unspecified atom stereocenters. The number of hydrogen-bond acceptors (Lipinski definition) is 4. The van der Waals surface area contributed by atoms with Gasteiger partial charge in [0.05, 0.1) is 12.5 Å². The molecule has 16 heavy (non-hydrogen) atoms. The van der Waals surface area contributed by atoms with Gasteiger partial charge in [0, 0.05) is 12.6 Å². The van der Waals surface area contributed by atoms with Crippen LogP contribution in [-0.4, -0.2) is 47.7 Å². The number of aliphatic carboxylic acids is 1. The molecule has 0 aliphatic heterocycles. The Bertz CT molecular complexity index is 306. The van der Waals surface area contributed by atoms with Gasteiger partial charge in [0.15, 0.2) is 0 Å². The molecule has 0 saturated heterocycles. The number of carbonyl (C=O) groups excluding carboxylic acids is 1. The predicted octanol–water partition coefficient (Wildman–Crippen LogP) is -0.00772. The molecule has 0 aromatic carbocycles. The van der Waals surface area contributed by atoms with Crippen molar-refractivity contribution in [2.24, 2.45) is 0 Å². The van der Waals surface area contributed by atoms with E-state index < -0.39 is 12.6 Å². The van der Waals surface area contributed by atoms with Gasteiger partial charge < -0.3 is 14.7 Å². The van der Waals surface area contributed by atoms with E-state index in [1.165, 1.54) is 0 Å². The Morgan fingerprint density at radius 2 is 2.12 bits per heavy atom. The Hall–Kier alpha value is -1.61. The fourth-order valence-corrected chi connectivity index (χ4v) is 1.38. The first-order chi connectivity index (χ1) is 7.65. The third-order valence-corrected chi connectivity index (χ3v) is 2.22. The number of hydrogen-bond donors (Lipinski definition) is 1. The summed E-state index contributed by atoms with van der Waals surface area (Å²) in [5.74, 6) is -1.33. The number of rotatable bonds is 7. The minimum Gasteiger partial charge on any atom is -0.480 e. The molecule has 1 rings (SSSR count). The SMILES string of the molecule is N#CCCN(C(=O)COCC(=O)O)C1CC1. The highest BCUT2D eigenvalue weighted by molar-refractivity contribution is 5.78. The van der Waals surface area contributed by atoms with Crippen molar-refractivity contribution in [1.29, 1.82) is 5.26 Å². The number of carboxylic acids is 1. The highest BCUT2D eigenvalue weighted by Gasteiger charge is 2.31. The maximum Gasteiger partial charge on any atom is 0.329 e. The van der Waals surface area contributed by atoms with E-state index in [0.717, 1.165) is 12.8 Å². The van der Waals surface area contributed by atoms with Gasteiger partial charge in [-0.3, -0.25) is 4.79 Å². The second-order valence-electron chi connectivity index (χ2n) is 3.61. The molecule has 0 spiro atoms. The first kappa shape index (κ1) is 12.5. The molecule has 0 heterocycles. The lowest BCUT2D eigenvalue weighted by molar-refractivity contribution is -0.146. The molecule has 0 radical (unpaired) electrons. The maximum absolute atomic E-state index is 11.6. The molecule has 0 aromatic rings. The van der Waals surface area contributed by atoms with Crippen LogP contribution >= 0.6 is 0 Å². The fourth-order valence-electron chi connectivity index (χ4n) is 1.38. The average Bonchev–Trinajstić information content (AvgIpc) is 3.02. The van der Waals surface area contributed by atoms with Gasteiger partial charge in [0.25, 0.3) is 0 Å². The molecule has 6 heteroatoms. The van der Waals surface area contributed by atoms with E-state index in [1.54, 1.807) is 4.90 Å². The summed E-state index contributed by atoms with van der Waals surface area (Å²) < 4.78 is 4.72. The number of ether oxygens (including phenoxy) is 1. The molecule has 0 atom stereocenters. The number of carbonyl (C=O) groups is 2. The number of amides is 1. The molecule has 6 nitrogen and oxygen atoms in total. The molecule has 1 saturated carbocycles. The van der Waals surface area contributed by atoms with Crippen molar-refractivity contribution in [3.8, 4) is 6.07 Å². The van der Waals surface area contributed by atoms with Crippen LogP contribution in [0.15, 0.2) is 0 Å². The van der Waals surface area contributed by atoms with Gasteiger partial charge in [0.1, 0.15) is 13.2 Å². The maximum atomic E-state index is 11.6. The van der Waals surface area contributed by atoms with E-state index in [1.807, 2.05) is 6.07 Å². The van der Waals surface area contributed by atoms with Crippen LogP contribution in [0.5, 0.6) is 0 Å². The highest BCUT2D eigenvalue weighted by Crippen LogP contribution is 2.26. The first-order valence-electron chi connectivity index (χ1n) is 5.11. The molecule has 0 aromatic heterocycles. The monoisotopic (exact) mass is 226 g/mol. The zero-order valence-electron chi connectivity index (χ0n) is 8.89. The summed E-state index contributed by atoms with van der Waals surface area (Å²) in [5, 5.41) is 16.8. The fraction of sp³-hybridized carbons (Fsp3) is 0.700. The van der Waals surface area contributed by atoms with E-state index in [-0.39, 0.29) is 18.6 Å². The first-order valence-corrected chi connectivity index (χ1v) is 5.11. The van der Waals surface area contributed by atoms with Crippen molar-refractivity contribution >= 4 is 11.9 Å². The molecule has 1 aliphatic rings. The minimum absolute atomic E-state index is 0.217. The lowest BCUT2D eigenvalue weighted by atomic mass is 10.3. The second kappa shape index (κ2) is 6.08. The van der Waals surface area contributed by atoms with Crippen LogP contribution < -0.4 is 0 Å². The summed E-state index contributed by atoms with van der Waals surface area (Å²) in [6.07, 6.45) is 2.20. The van der Waals surface area contributed by atoms with E-state index >= 15 is 0 Å². The largest absolute Gasteiger partial charge is 0.480 e. The molecular formula is C10H14N2O4. The van der Waals surface area contributed by atoms with Crippen LogP contribution in [0.2, 0.25) is 0 Å². The normalized spacial score (nSPS) is 14.2.